The monoisotopic (exact) mass is 402 g/mol. The first-order valence-electron chi connectivity index (χ1n) is 9.43. The van der Waals surface area contributed by atoms with E-state index in [1.807, 2.05) is 78.9 Å². The first-order valence-corrected chi connectivity index (χ1v) is 9.43. The van der Waals surface area contributed by atoms with Crippen LogP contribution in [0.15, 0.2) is 78.9 Å². The molecule has 0 radical (unpaired) electrons. The van der Waals surface area contributed by atoms with Crippen LogP contribution in [0.3, 0.4) is 0 Å². The number of carbonyl (C=O) groups is 1. The lowest BCUT2D eigenvalue weighted by molar-refractivity contribution is -0.148. The number of hydrogen-bond acceptors (Lipinski definition) is 4. The fraction of sp³-hybridized carbons (Fsp3) is 0.160. The van der Waals surface area contributed by atoms with Crippen molar-refractivity contribution < 1.29 is 24.1 Å². The van der Waals surface area contributed by atoms with E-state index in [9.17, 15) is 4.79 Å². The minimum absolute atomic E-state index is 0.255. The average molecular weight is 402 g/mol. The largest absolute Gasteiger partial charge is 0.481 e. The Morgan fingerprint density at radius 2 is 1.53 bits per heavy atom. The molecule has 1 N–H and O–H groups in total. The number of rotatable bonds is 8. The number of para-hydroxylation sites is 1. The molecule has 0 aliphatic carbocycles. The second-order valence-corrected chi connectivity index (χ2v) is 6.44. The number of aliphatic carboxylic acids is 1. The third-order valence-electron chi connectivity index (χ3n) is 4.28. The minimum atomic E-state index is -0.974. The standard InChI is InChI=1S/C25H22O5/c1-28-24(25(26)27)18-20-11-9-19(10-12-20)6-5-17-29-21-13-15-23(16-14-21)30-22-7-3-2-4-8-22/h2-4,7-16,24H,17-18H2,1H3,(H,26,27). The van der Waals surface area contributed by atoms with E-state index in [4.69, 9.17) is 19.3 Å². The van der Waals surface area contributed by atoms with Crippen molar-refractivity contribution in [1.29, 1.82) is 0 Å². The first kappa shape index (κ1) is 21.0. The highest BCUT2D eigenvalue weighted by Crippen LogP contribution is 2.23. The van der Waals surface area contributed by atoms with Crippen LogP contribution in [0.1, 0.15) is 11.1 Å². The van der Waals surface area contributed by atoms with Crippen molar-refractivity contribution in [2.24, 2.45) is 0 Å². The summed E-state index contributed by atoms with van der Waals surface area (Å²) in [7, 11) is 1.39. The summed E-state index contributed by atoms with van der Waals surface area (Å²) in [5.41, 5.74) is 1.71. The van der Waals surface area contributed by atoms with Crippen molar-refractivity contribution in [2.45, 2.75) is 12.5 Å². The maximum atomic E-state index is 11.0. The van der Waals surface area contributed by atoms with Gasteiger partial charge in [-0.15, -0.1) is 0 Å². The molecule has 0 spiro atoms. The molecule has 0 aliphatic heterocycles. The van der Waals surface area contributed by atoms with Gasteiger partial charge in [-0.1, -0.05) is 42.2 Å². The van der Waals surface area contributed by atoms with Crippen LogP contribution >= 0.6 is 0 Å². The van der Waals surface area contributed by atoms with Gasteiger partial charge in [0.05, 0.1) is 0 Å². The van der Waals surface area contributed by atoms with Crippen molar-refractivity contribution in [3.8, 4) is 29.1 Å². The van der Waals surface area contributed by atoms with Gasteiger partial charge in [0.25, 0.3) is 0 Å². The van der Waals surface area contributed by atoms with Crippen LogP contribution in [0.5, 0.6) is 17.2 Å². The Bertz CT molecular complexity index is 999. The molecule has 152 valence electrons. The van der Waals surface area contributed by atoms with Gasteiger partial charge in [-0.3, -0.25) is 0 Å². The van der Waals surface area contributed by atoms with Crippen molar-refractivity contribution >= 4 is 5.97 Å². The van der Waals surface area contributed by atoms with Crippen LogP contribution in [0.4, 0.5) is 0 Å². The van der Waals surface area contributed by atoms with Gasteiger partial charge in [0.15, 0.2) is 6.10 Å². The summed E-state index contributed by atoms with van der Waals surface area (Å²) in [5, 5.41) is 9.04. The molecule has 5 heteroatoms. The number of ether oxygens (including phenoxy) is 3. The Morgan fingerprint density at radius 1 is 0.900 bits per heavy atom. The molecule has 30 heavy (non-hydrogen) atoms. The molecule has 0 bridgehead atoms. The van der Waals surface area contributed by atoms with Crippen LogP contribution < -0.4 is 9.47 Å². The fourth-order valence-corrected chi connectivity index (χ4v) is 2.70. The van der Waals surface area contributed by atoms with E-state index in [1.54, 1.807) is 0 Å². The van der Waals surface area contributed by atoms with Crippen molar-refractivity contribution in [3.05, 3.63) is 90.0 Å². The Kier molecular flexibility index (Phi) is 7.48. The molecule has 0 fully saturated rings. The molecule has 3 rings (SSSR count). The van der Waals surface area contributed by atoms with Gasteiger partial charge in [0, 0.05) is 19.1 Å². The number of carboxylic acid groups (broad SMARTS) is 1. The summed E-state index contributed by atoms with van der Waals surface area (Å²) in [6, 6.07) is 24.4. The van der Waals surface area contributed by atoms with E-state index >= 15 is 0 Å². The molecule has 3 aromatic carbocycles. The highest BCUT2D eigenvalue weighted by atomic mass is 16.5. The predicted octanol–water partition coefficient (Wildman–Crippen LogP) is 4.55. The summed E-state index contributed by atoms with van der Waals surface area (Å²) in [6.07, 6.45) is -0.535. The Labute approximate surface area is 175 Å². The van der Waals surface area contributed by atoms with E-state index in [2.05, 4.69) is 11.8 Å². The second kappa shape index (κ2) is 10.7. The lowest BCUT2D eigenvalue weighted by Gasteiger charge is -2.10. The highest BCUT2D eigenvalue weighted by Gasteiger charge is 2.16. The van der Waals surface area contributed by atoms with Crippen LogP contribution in [0.2, 0.25) is 0 Å². The molecule has 5 nitrogen and oxygen atoms in total. The van der Waals surface area contributed by atoms with Gasteiger partial charge >= 0.3 is 5.97 Å². The maximum Gasteiger partial charge on any atom is 0.333 e. The number of methoxy groups -OCH3 is 1. The third kappa shape index (κ3) is 6.40. The molecule has 3 aromatic rings. The molecular weight excluding hydrogens is 380 g/mol. The normalized spacial score (nSPS) is 11.1. The van der Waals surface area contributed by atoms with E-state index in [0.717, 1.165) is 22.6 Å². The fourth-order valence-electron chi connectivity index (χ4n) is 2.70. The Balaban J connectivity index is 1.48. The van der Waals surface area contributed by atoms with Crippen LogP contribution in [0.25, 0.3) is 0 Å². The van der Waals surface area contributed by atoms with Gasteiger partial charge in [-0.2, -0.15) is 0 Å². The van der Waals surface area contributed by atoms with Crippen LogP contribution in [0, 0.1) is 11.8 Å². The Hall–Kier alpha value is -3.75. The molecule has 0 heterocycles. The number of benzene rings is 3. The van der Waals surface area contributed by atoms with Gasteiger partial charge in [0.1, 0.15) is 23.9 Å². The summed E-state index contributed by atoms with van der Waals surface area (Å²) in [4.78, 5) is 11.0. The second-order valence-electron chi connectivity index (χ2n) is 6.44. The van der Waals surface area contributed by atoms with E-state index in [1.165, 1.54) is 7.11 Å². The minimum Gasteiger partial charge on any atom is -0.481 e. The summed E-state index contributed by atoms with van der Waals surface area (Å²) < 4.78 is 16.3. The summed E-state index contributed by atoms with van der Waals surface area (Å²) in [5.74, 6) is 7.25. The predicted molar refractivity (Wildman–Crippen MR) is 114 cm³/mol. The first-order chi connectivity index (χ1) is 14.6. The molecular formula is C25H22O5. The zero-order chi connectivity index (χ0) is 21.2. The molecule has 1 atom stereocenters. The topological polar surface area (TPSA) is 65.0 Å². The maximum absolute atomic E-state index is 11.0. The van der Waals surface area contributed by atoms with Crippen molar-refractivity contribution in [1.82, 2.24) is 0 Å². The Morgan fingerprint density at radius 3 is 2.17 bits per heavy atom. The number of hydrogen-bond donors (Lipinski definition) is 1. The van der Waals surface area contributed by atoms with Gasteiger partial charge < -0.3 is 19.3 Å². The molecule has 0 aromatic heterocycles. The van der Waals surface area contributed by atoms with E-state index in [0.29, 0.717) is 12.2 Å². The smallest absolute Gasteiger partial charge is 0.333 e. The van der Waals surface area contributed by atoms with E-state index in [-0.39, 0.29) is 6.61 Å². The lowest BCUT2D eigenvalue weighted by atomic mass is 10.1. The van der Waals surface area contributed by atoms with E-state index < -0.39 is 12.1 Å². The quantitative estimate of drug-likeness (QED) is 0.560. The van der Waals surface area contributed by atoms with Gasteiger partial charge in [-0.05, 0) is 54.1 Å². The van der Waals surface area contributed by atoms with Gasteiger partial charge in [0.2, 0.25) is 0 Å². The average Bonchev–Trinajstić information content (AvgIpc) is 2.77. The van der Waals surface area contributed by atoms with Crippen molar-refractivity contribution in [2.75, 3.05) is 13.7 Å². The van der Waals surface area contributed by atoms with Crippen LogP contribution in [-0.4, -0.2) is 30.9 Å². The highest BCUT2D eigenvalue weighted by molar-refractivity contribution is 5.72. The lowest BCUT2D eigenvalue weighted by Crippen LogP contribution is -2.24. The molecule has 0 saturated carbocycles. The summed E-state index contributed by atoms with van der Waals surface area (Å²) in [6.45, 7) is 0.255. The van der Waals surface area contributed by atoms with Gasteiger partial charge in [-0.25, -0.2) is 4.79 Å². The number of carboxylic acids is 1. The SMILES string of the molecule is COC(Cc1ccc(C#CCOc2ccc(Oc3ccccc3)cc2)cc1)C(=O)O. The van der Waals surface area contributed by atoms with Crippen molar-refractivity contribution in [3.63, 3.8) is 0 Å². The molecule has 0 saturated heterocycles. The zero-order valence-corrected chi connectivity index (χ0v) is 16.6. The zero-order valence-electron chi connectivity index (χ0n) is 16.6. The molecule has 1 unspecified atom stereocenters. The molecule has 0 amide bonds. The third-order valence-corrected chi connectivity index (χ3v) is 4.28. The molecule has 0 aliphatic rings. The van der Waals surface area contributed by atoms with Crippen LogP contribution in [-0.2, 0) is 16.0 Å². The summed E-state index contributed by atoms with van der Waals surface area (Å²) >= 11 is 0.